The highest BCUT2D eigenvalue weighted by atomic mass is 32.2. The Kier molecular flexibility index (Phi) is 7.28. The number of nitrogens with zero attached hydrogens (tertiary/aromatic N) is 3. The molecule has 1 saturated heterocycles. The highest BCUT2D eigenvalue weighted by Crippen LogP contribution is 2.31. The van der Waals surface area contributed by atoms with E-state index < -0.39 is 10.0 Å². The average Bonchev–Trinajstić information content (AvgIpc) is 2.63. The van der Waals surface area contributed by atoms with Crippen LogP contribution in [0.5, 0.6) is 0 Å². The zero-order valence-corrected chi connectivity index (χ0v) is 16.7. The maximum Gasteiger partial charge on any atom is 0.232 e. The highest BCUT2D eigenvalue weighted by Gasteiger charge is 2.24. The number of benzene rings is 1. The lowest BCUT2D eigenvalue weighted by Crippen LogP contribution is -2.40. The topological polar surface area (TPSA) is 70.2 Å². The fourth-order valence-electron chi connectivity index (χ4n) is 3.14. The molecule has 8 heteroatoms. The van der Waals surface area contributed by atoms with Crippen LogP contribution >= 0.6 is 0 Å². The largest absolute Gasteiger partial charge is 0.378 e. The molecule has 0 N–H and O–H groups in total. The standard InChI is InChI=1S/C18H29N3O4S/c1-4-19(5-2)18(22)10-11-21(26(3,23)24)17-9-7-6-8-16(17)20-12-14-25-15-13-20/h6-9H,4-5,10-15H2,1-3H3. The molecular weight excluding hydrogens is 354 g/mol. The van der Waals surface area contributed by atoms with Gasteiger partial charge in [-0.15, -0.1) is 0 Å². The zero-order chi connectivity index (χ0) is 19.2. The van der Waals surface area contributed by atoms with Crippen molar-refractivity contribution in [3.8, 4) is 0 Å². The van der Waals surface area contributed by atoms with E-state index in [1.165, 1.54) is 10.6 Å². The van der Waals surface area contributed by atoms with E-state index in [1.807, 2.05) is 32.0 Å². The maximum atomic E-state index is 12.4. The Bertz CT molecular complexity index is 698. The fourth-order valence-corrected chi connectivity index (χ4v) is 4.08. The normalized spacial score (nSPS) is 15.0. The minimum atomic E-state index is -3.51. The summed E-state index contributed by atoms with van der Waals surface area (Å²) in [5, 5.41) is 0. The Balaban J connectivity index is 2.26. The van der Waals surface area contributed by atoms with Crippen LogP contribution in [0.25, 0.3) is 0 Å². The van der Waals surface area contributed by atoms with E-state index in [9.17, 15) is 13.2 Å². The summed E-state index contributed by atoms with van der Waals surface area (Å²) < 4.78 is 31.6. The smallest absolute Gasteiger partial charge is 0.232 e. The van der Waals surface area contributed by atoms with Gasteiger partial charge < -0.3 is 14.5 Å². The lowest BCUT2D eigenvalue weighted by molar-refractivity contribution is -0.130. The van der Waals surface area contributed by atoms with Gasteiger partial charge in [0.25, 0.3) is 0 Å². The SMILES string of the molecule is CCN(CC)C(=O)CCN(c1ccccc1N1CCOCC1)S(C)(=O)=O. The third-order valence-corrected chi connectivity index (χ3v) is 5.73. The van der Waals surface area contributed by atoms with Crippen molar-refractivity contribution in [2.45, 2.75) is 20.3 Å². The number of amides is 1. The lowest BCUT2D eigenvalue weighted by atomic mass is 10.2. The quantitative estimate of drug-likeness (QED) is 0.681. The Morgan fingerprint density at radius 1 is 1.15 bits per heavy atom. The summed E-state index contributed by atoms with van der Waals surface area (Å²) in [4.78, 5) is 16.2. The molecule has 146 valence electrons. The van der Waals surface area contributed by atoms with Crippen molar-refractivity contribution in [1.82, 2.24) is 4.90 Å². The van der Waals surface area contributed by atoms with Gasteiger partial charge in [-0.3, -0.25) is 9.10 Å². The van der Waals surface area contributed by atoms with Gasteiger partial charge in [0.1, 0.15) is 0 Å². The third-order valence-electron chi connectivity index (χ3n) is 4.55. The van der Waals surface area contributed by atoms with Crippen LogP contribution in [0.3, 0.4) is 0 Å². The predicted octanol–water partition coefficient (Wildman–Crippen LogP) is 1.55. The van der Waals surface area contributed by atoms with Gasteiger partial charge in [0, 0.05) is 39.1 Å². The van der Waals surface area contributed by atoms with Gasteiger partial charge in [-0.2, -0.15) is 0 Å². The van der Waals surface area contributed by atoms with Crippen molar-refractivity contribution in [3.63, 3.8) is 0 Å². The number of hydrogen-bond acceptors (Lipinski definition) is 5. The number of ether oxygens (including phenoxy) is 1. The summed E-state index contributed by atoms with van der Waals surface area (Å²) in [7, 11) is -3.51. The number of rotatable bonds is 8. The van der Waals surface area contributed by atoms with Crippen molar-refractivity contribution in [2.75, 3.05) is 61.4 Å². The molecule has 0 saturated carbocycles. The number of anilines is 2. The third kappa shape index (κ3) is 5.11. The molecule has 1 aliphatic heterocycles. The molecule has 0 radical (unpaired) electrons. The van der Waals surface area contributed by atoms with Crippen molar-refractivity contribution >= 4 is 27.3 Å². The summed E-state index contributed by atoms with van der Waals surface area (Å²) in [5.74, 6) is -0.0347. The summed E-state index contributed by atoms with van der Waals surface area (Å²) in [6, 6.07) is 7.44. The maximum absolute atomic E-state index is 12.4. The van der Waals surface area contributed by atoms with Crippen LogP contribution in [0.4, 0.5) is 11.4 Å². The van der Waals surface area contributed by atoms with E-state index in [4.69, 9.17) is 4.74 Å². The first-order chi connectivity index (χ1) is 12.4. The van der Waals surface area contributed by atoms with Crippen molar-refractivity contribution < 1.29 is 17.9 Å². The molecule has 0 aliphatic carbocycles. The van der Waals surface area contributed by atoms with Gasteiger partial charge in [-0.1, -0.05) is 12.1 Å². The molecule has 0 atom stereocenters. The zero-order valence-electron chi connectivity index (χ0n) is 15.8. The van der Waals surface area contributed by atoms with Gasteiger partial charge in [0.05, 0.1) is 30.8 Å². The Hall–Kier alpha value is -1.80. The van der Waals surface area contributed by atoms with Crippen molar-refractivity contribution in [2.24, 2.45) is 0 Å². The van der Waals surface area contributed by atoms with Crippen molar-refractivity contribution in [3.05, 3.63) is 24.3 Å². The number of hydrogen-bond donors (Lipinski definition) is 0. The summed E-state index contributed by atoms with van der Waals surface area (Å²) in [6.45, 7) is 7.89. The first-order valence-electron chi connectivity index (χ1n) is 9.05. The van der Waals surface area contributed by atoms with Gasteiger partial charge in [0.15, 0.2) is 0 Å². The number of sulfonamides is 1. The first kappa shape index (κ1) is 20.5. The number of carbonyl (C=O) groups excluding carboxylic acids is 1. The molecule has 2 rings (SSSR count). The highest BCUT2D eigenvalue weighted by molar-refractivity contribution is 7.92. The monoisotopic (exact) mass is 383 g/mol. The molecule has 0 aromatic heterocycles. The van der Waals surface area contributed by atoms with E-state index in [-0.39, 0.29) is 18.9 Å². The van der Waals surface area contributed by atoms with Gasteiger partial charge >= 0.3 is 0 Å². The van der Waals surface area contributed by atoms with Crippen LogP contribution in [0.15, 0.2) is 24.3 Å². The van der Waals surface area contributed by atoms with Crippen LogP contribution in [-0.2, 0) is 19.6 Å². The minimum absolute atomic E-state index is 0.0347. The molecule has 1 aliphatic rings. The van der Waals surface area contributed by atoms with Crippen LogP contribution in [-0.4, -0.2) is 71.4 Å². The van der Waals surface area contributed by atoms with E-state index in [1.54, 1.807) is 11.0 Å². The van der Waals surface area contributed by atoms with Gasteiger partial charge in [-0.25, -0.2) is 8.42 Å². The predicted molar refractivity (Wildman–Crippen MR) is 104 cm³/mol. The molecule has 1 fully saturated rings. The molecule has 7 nitrogen and oxygen atoms in total. The number of carbonyl (C=O) groups is 1. The second-order valence-corrected chi connectivity index (χ2v) is 8.15. The van der Waals surface area contributed by atoms with E-state index in [2.05, 4.69) is 4.90 Å². The molecule has 0 bridgehead atoms. The molecule has 0 unspecified atom stereocenters. The van der Waals surface area contributed by atoms with Crippen molar-refractivity contribution in [1.29, 1.82) is 0 Å². The fraction of sp³-hybridized carbons (Fsp3) is 0.611. The molecule has 1 amide bonds. The van der Waals surface area contributed by atoms with E-state index in [0.29, 0.717) is 45.1 Å². The van der Waals surface area contributed by atoms with Crippen LogP contribution in [0, 0.1) is 0 Å². The van der Waals surface area contributed by atoms with Crippen LogP contribution in [0.2, 0.25) is 0 Å². The van der Waals surface area contributed by atoms with Gasteiger partial charge in [0.2, 0.25) is 15.9 Å². The summed E-state index contributed by atoms with van der Waals surface area (Å²) >= 11 is 0. The molecule has 1 aromatic carbocycles. The lowest BCUT2D eigenvalue weighted by Gasteiger charge is -2.33. The second kappa shape index (κ2) is 9.23. The molecule has 1 aromatic rings. The molecule has 26 heavy (non-hydrogen) atoms. The van der Waals surface area contributed by atoms with Gasteiger partial charge in [-0.05, 0) is 26.0 Å². The number of para-hydroxylation sites is 2. The molecule has 0 spiro atoms. The average molecular weight is 384 g/mol. The molecule has 1 heterocycles. The summed E-state index contributed by atoms with van der Waals surface area (Å²) in [6.07, 6.45) is 1.34. The molecular formula is C18H29N3O4S. The van der Waals surface area contributed by atoms with Crippen LogP contribution < -0.4 is 9.21 Å². The second-order valence-electron chi connectivity index (χ2n) is 6.24. The Morgan fingerprint density at radius 3 is 2.35 bits per heavy atom. The Morgan fingerprint density at radius 2 is 1.77 bits per heavy atom. The summed E-state index contributed by atoms with van der Waals surface area (Å²) in [5.41, 5.74) is 1.47. The first-order valence-corrected chi connectivity index (χ1v) is 10.9. The number of morpholine rings is 1. The minimum Gasteiger partial charge on any atom is -0.378 e. The van der Waals surface area contributed by atoms with E-state index in [0.717, 1.165) is 5.69 Å². The Labute approximate surface area is 156 Å². The van der Waals surface area contributed by atoms with Crippen LogP contribution in [0.1, 0.15) is 20.3 Å². The van der Waals surface area contributed by atoms with E-state index >= 15 is 0 Å².